The lowest BCUT2D eigenvalue weighted by Crippen LogP contribution is -2.56. The van der Waals surface area contributed by atoms with Gasteiger partial charge in [0, 0.05) is 13.1 Å². The van der Waals surface area contributed by atoms with Crippen molar-refractivity contribution in [1.82, 2.24) is 10.2 Å². The maximum absolute atomic E-state index is 14.1. The molecule has 4 rings (SSSR count). The molecule has 1 N–H and O–H groups in total. The summed E-state index contributed by atoms with van der Waals surface area (Å²) in [7, 11) is 0. The van der Waals surface area contributed by atoms with Crippen LogP contribution in [-0.2, 0) is 30.3 Å². The highest BCUT2D eigenvalue weighted by Crippen LogP contribution is 2.41. The lowest BCUT2D eigenvalue weighted by Gasteiger charge is -2.38. The van der Waals surface area contributed by atoms with E-state index >= 15 is 0 Å². The van der Waals surface area contributed by atoms with E-state index in [0.29, 0.717) is 18.8 Å². The topological polar surface area (TPSA) is 95.6 Å². The van der Waals surface area contributed by atoms with Gasteiger partial charge in [-0.25, -0.2) is 4.79 Å². The van der Waals surface area contributed by atoms with Crippen molar-refractivity contribution in [3.63, 3.8) is 0 Å². The Labute approximate surface area is 281 Å². The molecule has 47 heavy (non-hydrogen) atoms. The third kappa shape index (κ3) is 11.5. The molecule has 0 radical (unpaired) electrons. The van der Waals surface area contributed by atoms with Crippen LogP contribution in [0, 0.1) is 0 Å². The first-order valence-electron chi connectivity index (χ1n) is 17.8. The molecule has 1 unspecified atom stereocenters. The van der Waals surface area contributed by atoms with Crippen molar-refractivity contribution in [2.75, 3.05) is 13.2 Å². The van der Waals surface area contributed by atoms with E-state index in [2.05, 4.69) is 12.2 Å². The van der Waals surface area contributed by atoms with Crippen molar-refractivity contribution in [2.24, 2.45) is 0 Å². The lowest BCUT2D eigenvalue weighted by molar-refractivity contribution is -0.219. The van der Waals surface area contributed by atoms with Crippen molar-refractivity contribution in [2.45, 2.75) is 141 Å². The maximum Gasteiger partial charge on any atom is 0.318 e. The molecule has 2 fully saturated rings. The Morgan fingerprint density at radius 3 is 2.11 bits per heavy atom. The van der Waals surface area contributed by atoms with E-state index in [1.807, 2.05) is 74.5 Å². The van der Waals surface area contributed by atoms with E-state index in [4.69, 9.17) is 23.7 Å². The van der Waals surface area contributed by atoms with Gasteiger partial charge >= 0.3 is 12.0 Å². The average molecular weight is 653 g/mol. The summed E-state index contributed by atoms with van der Waals surface area (Å²) < 4.78 is 30.9. The normalized spacial score (nSPS) is 22.0. The minimum atomic E-state index is -0.863. The lowest BCUT2D eigenvalue weighted by atomic mass is 9.98. The minimum Gasteiger partial charge on any atom is -0.485 e. The first-order chi connectivity index (χ1) is 22.8. The molecule has 260 valence electrons. The number of carbonyl (C=O) groups excluding carboxylic acids is 2. The van der Waals surface area contributed by atoms with Gasteiger partial charge in [0.05, 0.1) is 19.1 Å². The van der Waals surface area contributed by atoms with Gasteiger partial charge in [-0.15, -0.1) is 0 Å². The molecule has 0 aliphatic carbocycles. The maximum atomic E-state index is 14.1. The van der Waals surface area contributed by atoms with Crippen LogP contribution in [-0.4, -0.2) is 66.5 Å². The molecule has 2 aliphatic rings. The summed E-state index contributed by atoms with van der Waals surface area (Å²) in [5.41, 5.74) is 0.989. The van der Waals surface area contributed by atoms with Crippen molar-refractivity contribution in [3.05, 3.63) is 66.2 Å². The molecule has 2 aliphatic heterocycles. The third-order valence-corrected chi connectivity index (χ3v) is 8.80. The van der Waals surface area contributed by atoms with E-state index in [1.165, 1.54) is 44.9 Å². The number of ether oxygens (including phenoxy) is 5. The van der Waals surface area contributed by atoms with Crippen molar-refractivity contribution in [3.8, 4) is 5.75 Å². The Balaban J connectivity index is 1.53. The molecule has 0 aromatic heterocycles. The molecule has 0 saturated carbocycles. The zero-order valence-corrected chi connectivity index (χ0v) is 28.9. The third-order valence-electron chi connectivity index (χ3n) is 8.80. The fraction of sp³-hybridized carbons (Fsp3) is 0.632. The van der Waals surface area contributed by atoms with Crippen molar-refractivity contribution in [1.29, 1.82) is 0 Å². The van der Waals surface area contributed by atoms with Crippen LogP contribution in [0.4, 0.5) is 4.79 Å². The number of esters is 1. The number of fused-ring (bicyclic) bond motifs is 1. The Bertz CT molecular complexity index is 1200. The molecular weight excluding hydrogens is 596 g/mol. The number of amides is 2. The van der Waals surface area contributed by atoms with Crippen LogP contribution in [0.25, 0.3) is 0 Å². The van der Waals surface area contributed by atoms with Crippen molar-refractivity contribution >= 4 is 12.0 Å². The number of nitrogens with one attached hydrogen (secondary N) is 1. The molecule has 2 amide bonds. The number of para-hydroxylation sites is 1. The second-order valence-corrected chi connectivity index (χ2v) is 13.1. The van der Waals surface area contributed by atoms with Gasteiger partial charge in [-0.05, 0) is 44.9 Å². The van der Waals surface area contributed by atoms with Crippen LogP contribution in [0.2, 0.25) is 0 Å². The Hall–Kier alpha value is -3.14. The molecule has 2 aromatic carbocycles. The number of nitrogens with zero attached hydrogens (tertiary/aromatic N) is 1. The van der Waals surface area contributed by atoms with Crippen LogP contribution in [0.3, 0.4) is 0 Å². The summed E-state index contributed by atoms with van der Waals surface area (Å²) in [5, 5.41) is 3.10. The van der Waals surface area contributed by atoms with E-state index < -0.39 is 42.4 Å². The van der Waals surface area contributed by atoms with Crippen LogP contribution >= 0.6 is 0 Å². The zero-order valence-electron chi connectivity index (χ0n) is 28.9. The van der Waals surface area contributed by atoms with Gasteiger partial charge in [0.25, 0.3) is 0 Å². The molecular formula is C38H56N2O7. The predicted molar refractivity (Wildman–Crippen MR) is 182 cm³/mol. The van der Waals surface area contributed by atoms with E-state index in [9.17, 15) is 9.59 Å². The van der Waals surface area contributed by atoms with Gasteiger partial charge in [0.15, 0.2) is 24.3 Å². The smallest absolute Gasteiger partial charge is 0.318 e. The van der Waals surface area contributed by atoms with Gasteiger partial charge in [-0.3, -0.25) is 4.79 Å². The number of carbonyl (C=O) groups is 2. The monoisotopic (exact) mass is 652 g/mol. The molecule has 0 spiro atoms. The molecule has 2 saturated heterocycles. The number of hydrogen-bond acceptors (Lipinski definition) is 7. The van der Waals surface area contributed by atoms with Gasteiger partial charge in [-0.1, -0.05) is 113 Å². The van der Waals surface area contributed by atoms with Crippen molar-refractivity contribution < 1.29 is 33.3 Å². The predicted octanol–water partition coefficient (Wildman–Crippen LogP) is 7.76. The van der Waals surface area contributed by atoms with Gasteiger partial charge in [0.2, 0.25) is 0 Å². The number of unbranched alkanes of at least 4 members (excludes halogenated alkanes) is 9. The van der Waals surface area contributed by atoms with Crippen LogP contribution in [0.1, 0.15) is 104 Å². The SMILES string of the molecule is CCCCCCCCCCCCN(C(=O)NCc1ccccc1)[C@@H](CC(=O)OCC)C1O[C@@H]2OC(C)(C)O[C@@H]2[C@H]1Oc1ccccc1. The number of benzene rings is 2. The summed E-state index contributed by atoms with van der Waals surface area (Å²) in [6.07, 6.45) is 9.15. The Morgan fingerprint density at radius 2 is 1.47 bits per heavy atom. The molecule has 0 bridgehead atoms. The van der Waals surface area contributed by atoms with Crippen LogP contribution < -0.4 is 10.1 Å². The quantitative estimate of drug-likeness (QED) is 0.115. The highest BCUT2D eigenvalue weighted by Gasteiger charge is 2.59. The highest BCUT2D eigenvalue weighted by atomic mass is 16.8. The standard InChI is InChI=1S/C38H56N2O7/c1-5-7-8-9-10-11-12-13-14-21-26-40(37(42)39-28-29-22-17-15-18-23-29)31(27-32(41)43-6-2)33-34(44-30-24-19-16-20-25-30)35-36(45-33)47-38(3,4)46-35/h15-20,22-25,31,33-36H,5-14,21,26-28H2,1-4H3,(H,39,42)/t31-,33?,34-,35+,36+/m0/s1. The summed E-state index contributed by atoms with van der Waals surface area (Å²) in [4.78, 5) is 29.0. The summed E-state index contributed by atoms with van der Waals surface area (Å²) in [6, 6.07) is 18.3. The van der Waals surface area contributed by atoms with E-state index in [1.54, 1.807) is 11.8 Å². The molecule has 9 nitrogen and oxygen atoms in total. The minimum absolute atomic E-state index is 0.0491. The highest BCUT2D eigenvalue weighted by molar-refractivity contribution is 5.76. The number of rotatable bonds is 20. The second kappa shape index (κ2) is 19.0. The summed E-state index contributed by atoms with van der Waals surface area (Å²) in [5.74, 6) is -0.620. The molecule has 9 heteroatoms. The summed E-state index contributed by atoms with van der Waals surface area (Å²) in [6.45, 7) is 8.77. The van der Waals surface area contributed by atoms with Crippen LogP contribution in [0.5, 0.6) is 5.75 Å². The number of urea groups is 1. The second-order valence-electron chi connectivity index (χ2n) is 13.1. The first kappa shape index (κ1) is 36.7. The Kier molecular flexibility index (Phi) is 14.8. The Morgan fingerprint density at radius 1 is 0.851 bits per heavy atom. The molecule has 2 aromatic rings. The number of hydrogen-bond donors (Lipinski definition) is 1. The average Bonchev–Trinajstić information content (AvgIpc) is 3.54. The van der Waals surface area contributed by atoms with E-state index in [0.717, 1.165) is 24.8 Å². The molecule has 2 heterocycles. The fourth-order valence-electron chi connectivity index (χ4n) is 6.46. The summed E-state index contributed by atoms with van der Waals surface area (Å²) >= 11 is 0. The van der Waals surface area contributed by atoms with E-state index in [-0.39, 0.29) is 19.1 Å². The van der Waals surface area contributed by atoms with Gasteiger partial charge in [0.1, 0.15) is 11.9 Å². The molecule has 5 atom stereocenters. The van der Waals surface area contributed by atoms with Gasteiger partial charge < -0.3 is 33.9 Å². The van der Waals surface area contributed by atoms with Gasteiger partial charge in [-0.2, -0.15) is 0 Å². The first-order valence-corrected chi connectivity index (χ1v) is 17.8. The van der Waals surface area contributed by atoms with Crippen LogP contribution in [0.15, 0.2) is 60.7 Å². The largest absolute Gasteiger partial charge is 0.485 e. The zero-order chi connectivity index (χ0) is 33.5. The fourth-order valence-corrected chi connectivity index (χ4v) is 6.46.